The standard InChI is InChI=1S/C16H28O6.C11H18O5.C10H16O3.C9H14O5.2C9H14O3.C8H12O3/c1-5-7-11-19-13(3)21-15(17)9-10-16(18)22-14(4)20-12-8-6-2;1-4-5-8-15-9(2)16-11(13)7-6-10(12)14-3;1-8(2)9(11)13-10(12-3)6-4-5-7-10;1-4-9(11)14-8(3)13-6-5-12-7(2)10;1-7(2)9(10)12-8-5-3-4-6-11-8;1-3-8(10)12-9(11-2)6-4-5-7-9;1-2-7(9)11-8-5-3-4-6-10-8/h9-10,13-14H,5-8,11-12H2,1-4H3;6-7,9H,4-5,8H2,1-3H3;1,4-7H2,2-3H3;4,8H,1,5-6H2,2-3H3;8H,1,3-6H2,2H3;3H,1,4-7H2,2H3;2,8H,1,3-6H2/b10-9-;7-6-;;;;;. The Morgan fingerprint density at radius 2 is 0.780 bits per heavy atom. The van der Waals surface area contributed by atoms with Gasteiger partial charge in [-0.25, -0.2) is 43.2 Å². The first kappa shape index (κ1) is 96.7. The maximum atomic E-state index is 11.5. The highest BCUT2D eigenvalue weighted by Gasteiger charge is 2.38. The molecule has 4 rings (SSSR count). The van der Waals surface area contributed by atoms with E-state index in [2.05, 4.69) is 47.1 Å². The zero-order chi connectivity index (χ0) is 76.2. The number of methoxy groups -OCH3 is 3. The molecule has 2 aliphatic carbocycles. The second-order valence-corrected chi connectivity index (χ2v) is 22.2. The van der Waals surface area contributed by atoms with Crippen molar-refractivity contribution in [2.75, 3.05) is 67.6 Å². The fraction of sp³-hybridized carbons (Fsp3) is 0.667. The van der Waals surface area contributed by atoms with Crippen LogP contribution in [0.2, 0.25) is 0 Å². The van der Waals surface area contributed by atoms with Gasteiger partial charge >= 0.3 is 59.7 Å². The van der Waals surface area contributed by atoms with Crippen molar-refractivity contribution in [3.8, 4) is 0 Å². The van der Waals surface area contributed by atoms with E-state index in [-0.39, 0.29) is 43.7 Å². The van der Waals surface area contributed by atoms with Gasteiger partial charge in [0.15, 0.2) is 18.9 Å². The van der Waals surface area contributed by atoms with E-state index in [1.54, 1.807) is 55.8 Å². The summed E-state index contributed by atoms with van der Waals surface area (Å²) in [6, 6.07) is 0. The van der Waals surface area contributed by atoms with Crippen molar-refractivity contribution in [1.82, 2.24) is 0 Å². The number of esters is 10. The van der Waals surface area contributed by atoms with E-state index in [9.17, 15) is 47.9 Å². The number of ether oxygens (including phenoxy) is 18. The van der Waals surface area contributed by atoms with Gasteiger partial charge in [0.05, 0.1) is 46.8 Å². The largest absolute Gasteiger partial charge is 0.466 e. The fourth-order valence-corrected chi connectivity index (χ4v) is 7.89. The van der Waals surface area contributed by atoms with Gasteiger partial charge in [0.25, 0.3) is 0 Å². The van der Waals surface area contributed by atoms with Gasteiger partial charge in [-0.15, -0.1) is 0 Å². The summed E-state index contributed by atoms with van der Waals surface area (Å²) in [5.41, 5.74) is 0.840. The lowest BCUT2D eigenvalue weighted by molar-refractivity contribution is -0.215. The van der Waals surface area contributed by atoms with Crippen LogP contribution in [0.15, 0.2) is 86.6 Å². The maximum absolute atomic E-state index is 11.5. The maximum Gasteiger partial charge on any atom is 0.335 e. The molecule has 4 aliphatic rings. The van der Waals surface area contributed by atoms with Crippen molar-refractivity contribution >= 4 is 59.7 Å². The van der Waals surface area contributed by atoms with Gasteiger partial charge in [-0.3, -0.25) is 4.79 Å². The smallest absolute Gasteiger partial charge is 0.335 e. The van der Waals surface area contributed by atoms with Crippen molar-refractivity contribution in [3.05, 3.63) is 86.6 Å². The Kier molecular flexibility index (Phi) is 59.4. The molecule has 0 amide bonds. The van der Waals surface area contributed by atoms with Crippen molar-refractivity contribution in [2.45, 2.75) is 247 Å². The minimum absolute atomic E-state index is 0.144. The second-order valence-electron chi connectivity index (χ2n) is 22.2. The van der Waals surface area contributed by atoms with E-state index in [0.717, 1.165) is 165 Å². The molecule has 6 atom stereocenters. The van der Waals surface area contributed by atoms with E-state index in [4.69, 9.17) is 71.1 Å². The highest BCUT2D eigenvalue weighted by molar-refractivity contribution is 5.92. The Morgan fingerprint density at radius 3 is 1.10 bits per heavy atom. The van der Waals surface area contributed by atoms with Crippen LogP contribution in [0.1, 0.15) is 198 Å². The third-order valence-corrected chi connectivity index (χ3v) is 13.3. The van der Waals surface area contributed by atoms with Crippen LogP contribution >= 0.6 is 0 Å². The molecule has 2 saturated carbocycles. The molecule has 2 saturated heterocycles. The Balaban J connectivity index is -0.00000111. The summed E-state index contributed by atoms with van der Waals surface area (Å²) >= 11 is 0. The van der Waals surface area contributed by atoms with Crippen LogP contribution in [0.3, 0.4) is 0 Å². The van der Waals surface area contributed by atoms with Gasteiger partial charge in [-0.2, -0.15) is 0 Å². The van der Waals surface area contributed by atoms with Gasteiger partial charge in [0.1, 0.15) is 6.61 Å². The molecule has 0 bridgehead atoms. The SMILES string of the molecule is C=C(C)C(=O)OC1(OC)CCCC1.C=C(C)C(=O)OC1CCCCO1.C=CC(=O)OC(C)OCCOC(C)=O.C=CC(=O)OC1(OC)CCCC1.C=CC(=O)OC1CCCCO1.CCCCOC(C)OC(=O)/C=C\C(=O)OC.CCCCOC(C)OC(=O)/C=C\C(=O)OC(C)OCCCC. The second kappa shape index (κ2) is 61.4. The molecule has 0 aromatic heterocycles. The van der Waals surface area contributed by atoms with Crippen LogP contribution in [0, 0.1) is 0 Å². The Hall–Kier alpha value is -7.44. The van der Waals surface area contributed by atoms with Crippen LogP contribution in [-0.2, 0) is 133 Å². The van der Waals surface area contributed by atoms with Crippen molar-refractivity contribution < 1.29 is 133 Å². The molecule has 0 spiro atoms. The molecule has 6 unspecified atom stereocenters. The summed E-state index contributed by atoms with van der Waals surface area (Å²) in [5, 5.41) is 0. The van der Waals surface area contributed by atoms with Gasteiger partial charge in [0, 0.05) is 113 Å². The summed E-state index contributed by atoms with van der Waals surface area (Å²) in [6.07, 6.45) is 23.1. The Bertz CT molecular complexity index is 2410. The molecule has 0 aromatic carbocycles. The minimum atomic E-state index is -0.671. The summed E-state index contributed by atoms with van der Waals surface area (Å²) in [7, 11) is 4.38. The van der Waals surface area contributed by atoms with Crippen molar-refractivity contribution in [3.63, 3.8) is 0 Å². The monoisotopic (exact) mass is 1430 g/mol. The number of carbonyl (C=O) groups is 10. The molecule has 0 N–H and O–H groups in total. The molecule has 2 aliphatic heterocycles. The normalized spacial score (nSPS) is 17.1. The summed E-state index contributed by atoms with van der Waals surface area (Å²) in [4.78, 5) is 110. The van der Waals surface area contributed by atoms with Gasteiger partial charge in [-0.05, 0) is 112 Å². The third-order valence-electron chi connectivity index (χ3n) is 13.3. The van der Waals surface area contributed by atoms with Crippen LogP contribution in [-0.4, -0.2) is 177 Å². The number of carbonyl (C=O) groups excluding carboxylic acids is 10. The summed E-state index contributed by atoms with van der Waals surface area (Å²) in [6.45, 7) is 37.4. The van der Waals surface area contributed by atoms with Crippen molar-refractivity contribution in [1.29, 1.82) is 0 Å². The van der Waals surface area contributed by atoms with Crippen LogP contribution in [0.25, 0.3) is 0 Å². The third kappa shape index (κ3) is 55.3. The average Bonchev–Trinajstić information content (AvgIpc) is 1.78. The van der Waals surface area contributed by atoms with E-state index in [1.807, 2.05) is 20.8 Å². The first-order valence-electron chi connectivity index (χ1n) is 33.8. The molecule has 2 heterocycles. The molecule has 100 heavy (non-hydrogen) atoms. The minimum Gasteiger partial charge on any atom is -0.466 e. The van der Waals surface area contributed by atoms with Crippen LogP contribution < -0.4 is 0 Å². The number of hydrogen-bond donors (Lipinski definition) is 0. The molecule has 28 nitrogen and oxygen atoms in total. The zero-order valence-corrected chi connectivity index (χ0v) is 61.6. The highest BCUT2D eigenvalue weighted by atomic mass is 16.7. The lowest BCUT2D eigenvalue weighted by atomic mass is 10.2. The lowest BCUT2D eigenvalue weighted by Gasteiger charge is -2.27. The molecule has 572 valence electrons. The fourth-order valence-electron chi connectivity index (χ4n) is 7.89. The number of rotatable bonds is 35. The van der Waals surface area contributed by atoms with Gasteiger partial charge < -0.3 is 85.3 Å². The molecule has 0 aromatic rings. The van der Waals surface area contributed by atoms with E-state index >= 15 is 0 Å². The highest BCUT2D eigenvalue weighted by Crippen LogP contribution is 2.35. The predicted octanol–water partition coefficient (Wildman–Crippen LogP) is 11.5. The molecule has 4 fully saturated rings. The Labute approximate surface area is 591 Å². The number of unbranched alkanes of at least 4 members (excludes halogenated alkanes) is 3. The topological polar surface area (TPSA) is 337 Å². The predicted molar refractivity (Wildman–Crippen MR) is 366 cm³/mol. The first-order valence-corrected chi connectivity index (χ1v) is 33.8. The average molecular weight is 1430 g/mol. The first-order chi connectivity index (χ1) is 47.5. The van der Waals surface area contributed by atoms with Crippen LogP contribution in [0.5, 0.6) is 0 Å². The van der Waals surface area contributed by atoms with E-state index in [1.165, 1.54) is 20.1 Å². The quantitative estimate of drug-likeness (QED) is 0.0187. The Morgan fingerprint density at radius 1 is 0.430 bits per heavy atom. The van der Waals surface area contributed by atoms with E-state index < -0.39 is 78.5 Å². The van der Waals surface area contributed by atoms with Gasteiger partial charge in [-0.1, -0.05) is 72.9 Å². The molecule has 0 radical (unpaired) electrons. The van der Waals surface area contributed by atoms with Gasteiger partial charge in [0.2, 0.25) is 30.4 Å². The molecular formula is C72H116O28. The summed E-state index contributed by atoms with van der Waals surface area (Å²) in [5.74, 6) is -6.32. The lowest BCUT2D eigenvalue weighted by Crippen LogP contribution is -2.34. The molecule has 28 heteroatoms. The van der Waals surface area contributed by atoms with E-state index in [0.29, 0.717) is 44.2 Å². The zero-order valence-electron chi connectivity index (χ0n) is 61.6. The number of hydrogen-bond acceptors (Lipinski definition) is 28. The van der Waals surface area contributed by atoms with Crippen LogP contribution in [0.4, 0.5) is 0 Å². The molecular weight excluding hydrogens is 1310 g/mol. The summed E-state index contributed by atoms with van der Waals surface area (Å²) < 4.78 is 90.1. The van der Waals surface area contributed by atoms with Crippen molar-refractivity contribution in [2.24, 2.45) is 0 Å².